The lowest BCUT2D eigenvalue weighted by Crippen LogP contribution is -2.47. The lowest BCUT2D eigenvalue weighted by Gasteiger charge is -2.39. The fraction of sp³-hybridized carbons (Fsp3) is 0.769. The van der Waals surface area contributed by atoms with Crippen molar-refractivity contribution in [1.29, 1.82) is 0 Å². The first-order valence-electron chi connectivity index (χ1n) is 12.7. The van der Waals surface area contributed by atoms with Crippen molar-refractivity contribution >= 4 is 28.9 Å². The Labute approximate surface area is 196 Å². The van der Waals surface area contributed by atoms with Gasteiger partial charge < -0.3 is 14.7 Å². The number of carbonyl (C=O) groups excluding carboxylic acids is 1. The summed E-state index contributed by atoms with van der Waals surface area (Å²) in [6.45, 7) is 2.27. The molecule has 0 saturated heterocycles. The predicted octanol–water partition coefficient (Wildman–Crippen LogP) is 6.61. The Morgan fingerprint density at radius 1 is 0.969 bits per heavy atom. The predicted molar refractivity (Wildman–Crippen MR) is 129 cm³/mol. The summed E-state index contributed by atoms with van der Waals surface area (Å²) in [6.07, 6.45) is 13.8. The van der Waals surface area contributed by atoms with Crippen LogP contribution in [0.2, 0.25) is 0 Å². The Morgan fingerprint density at radius 2 is 1.62 bits per heavy atom. The third-order valence-electron chi connectivity index (χ3n) is 8.14. The highest BCUT2D eigenvalue weighted by Gasteiger charge is 2.38. The van der Waals surface area contributed by atoms with Gasteiger partial charge in [0.25, 0.3) is 0 Å². The van der Waals surface area contributed by atoms with Crippen LogP contribution < -0.4 is 4.90 Å². The van der Waals surface area contributed by atoms with Crippen LogP contribution in [-0.4, -0.2) is 36.2 Å². The van der Waals surface area contributed by atoms with Crippen molar-refractivity contribution in [2.75, 3.05) is 12.0 Å². The van der Waals surface area contributed by atoms with E-state index in [2.05, 4.69) is 13.0 Å². The molecule has 1 heterocycles. The lowest BCUT2D eigenvalue weighted by atomic mass is 9.81. The van der Waals surface area contributed by atoms with Gasteiger partial charge >= 0.3 is 5.97 Å². The second-order valence-corrected chi connectivity index (χ2v) is 11.4. The molecule has 3 aliphatic carbocycles. The molecule has 178 valence electrons. The molecule has 4 rings (SSSR count). The van der Waals surface area contributed by atoms with E-state index < -0.39 is 5.97 Å². The van der Waals surface area contributed by atoms with Gasteiger partial charge in [0.15, 0.2) is 0 Å². The number of rotatable bonds is 6. The molecule has 0 radical (unpaired) electrons. The van der Waals surface area contributed by atoms with Crippen LogP contribution in [0.25, 0.3) is 0 Å². The lowest BCUT2D eigenvalue weighted by molar-refractivity contribution is -0.124. The summed E-state index contributed by atoms with van der Waals surface area (Å²) in [5.41, 5.74) is 0.674. The number of hydrogen-bond acceptors (Lipinski definition) is 4. The van der Waals surface area contributed by atoms with Crippen LogP contribution in [0.3, 0.4) is 0 Å². The van der Waals surface area contributed by atoms with E-state index in [1.54, 1.807) is 7.11 Å². The van der Waals surface area contributed by atoms with E-state index in [1.165, 1.54) is 30.6 Å². The molecule has 6 heteroatoms. The molecule has 0 aromatic carbocycles. The number of anilines is 1. The summed E-state index contributed by atoms with van der Waals surface area (Å²) in [4.78, 5) is 29.7. The Morgan fingerprint density at radius 3 is 2.22 bits per heavy atom. The molecule has 3 fully saturated rings. The minimum absolute atomic E-state index is 0.0195. The van der Waals surface area contributed by atoms with E-state index in [1.807, 2.05) is 4.90 Å². The van der Waals surface area contributed by atoms with Gasteiger partial charge in [0, 0.05) is 23.9 Å². The number of aromatic carboxylic acids is 1. The molecule has 0 spiro atoms. The molecule has 5 nitrogen and oxygen atoms in total. The first-order chi connectivity index (χ1) is 15.5. The summed E-state index contributed by atoms with van der Waals surface area (Å²) in [7, 11) is 1.76. The normalized spacial score (nSPS) is 29.6. The van der Waals surface area contributed by atoms with Gasteiger partial charge in [-0.1, -0.05) is 26.2 Å². The molecule has 1 amide bonds. The van der Waals surface area contributed by atoms with Crippen molar-refractivity contribution in [3.05, 3.63) is 15.8 Å². The van der Waals surface area contributed by atoms with E-state index in [-0.39, 0.29) is 24.0 Å². The average Bonchev–Trinajstić information content (AvgIpc) is 3.26. The highest BCUT2D eigenvalue weighted by Crippen LogP contribution is 2.43. The van der Waals surface area contributed by atoms with Crippen LogP contribution in [0.4, 0.5) is 5.69 Å². The van der Waals surface area contributed by atoms with Crippen molar-refractivity contribution < 1.29 is 19.4 Å². The average molecular weight is 462 g/mol. The largest absolute Gasteiger partial charge is 0.477 e. The van der Waals surface area contributed by atoms with Gasteiger partial charge in [-0.15, -0.1) is 11.3 Å². The maximum atomic E-state index is 13.9. The Bertz CT molecular complexity index is 784. The van der Waals surface area contributed by atoms with Gasteiger partial charge in [-0.05, 0) is 82.1 Å². The maximum Gasteiger partial charge on any atom is 0.348 e. The van der Waals surface area contributed by atoms with E-state index >= 15 is 0 Å². The summed E-state index contributed by atoms with van der Waals surface area (Å²) >= 11 is 1.42. The number of carboxylic acid groups (broad SMARTS) is 1. The van der Waals surface area contributed by atoms with E-state index in [0.717, 1.165) is 69.1 Å². The van der Waals surface area contributed by atoms with Gasteiger partial charge in [-0.2, -0.15) is 0 Å². The molecular formula is C26H39NO4S. The maximum absolute atomic E-state index is 13.9. The standard InChI is InChI=1S/C26H39NO4S/c1-17-8-10-19(11-9-17)25(28)27(20-12-14-21(31-2)15-13-20)22-16-23(32-24(22)26(29)30)18-6-4-3-5-7-18/h16-21H,3-15H2,1-2H3,(H,29,30). The Balaban J connectivity index is 1.66. The van der Waals surface area contributed by atoms with Crippen LogP contribution in [0.5, 0.6) is 0 Å². The highest BCUT2D eigenvalue weighted by atomic mass is 32.1. The first-order valence-corrected chi connectivity index (χ1v) is 13.5. The molecule has 0 atom stereocenters. The zero-order valence-electron chi connectivity index (χ0n) is 19.7. The minimum Gasteiger partial charge on any atom is -0.477 e. The molecule has 3 aliphatic rings. The van der Waals surface area contributed by atoms with Crippen molar-refractivity contribution in [1.82, 2.24) is 0 Å². The highest BCUT2D eigenvalue weighted by molar-refractivity contribution is 7.14. The van der Waals surface area contributed by atoms with Crippen LogP contribution in [0, 0.1) is 11.8 Å². The first kappa shape index (κ1) is 23.7. The van der Waals surface area contributed by atoms with Crippen LogP contribution >= 0.6 is 11.3 Å². The quantitative estimate of drug-likeness (QED) is 0.517. The molecule has 1 aromatic rings. The molecule has 3 saturated carbocycles. The molecule has 0 unspecified atom stereocenters. The van der Waals surface area contributed by atoms with Crippen molar-refractivity contribution in [3.63, 3.8) is 0 Å². The number of hydrogen-bond donors (Lipinski definition) is 1. The number of ether oxygens (including phenoxy) is 1. The molecule has 32 heavy (non-hydrogen) atoms. The van der Waals surface area contributed by atoms with Gasteiger partial charge in [0.05, 0.1) is 11.8 Å². The number of methoxy groups -OCH3 is 1. The third kappa shape index (κ3) is 5.22. The smallest absolute Gasteiger partial charge is 0.348 e. The van der Waals surface area contributed by atoms with Crippen LogP contribution in [0.15, 0.2) is 6.07 Å². The van der Waals surface area contributed by atoms with Crippen molar-refractivity contribution in [2.45, 2.75) is 108 Å². The Kier molecular flexibility index (Phi) is 7.93. The molecule has 0 aliphatic heterocycles. The number of thiophene rings is 1. The van der Waals surface area contributed by atoms with Gasteiger partial charge in [-0.3, -0.25) is 4.79 Å². The number of amides is 1. The third-order valence-corrected chi connectivity index (χ3v) is 9.41. The second-order valence-electron chi connectivity index (χ2n) is 10.3. The molecule has 1 N–H and O–H groups in total. The monoisotopic (exact) mass is 461 g/mol. The topological polar surface area (TPSA) is 66.8 Å². The number of carboxylic acids is 1. The Hall–Kier alpha value is -1.40. The molecular weight excluding hydrogens is 422 g/mol. The van der Waals surface area contributed by atoms with Crippen molar-refractivity contribution in [2.24, 2.45) is 11.8 Å². The van der Waals surface area contributed by atoms with Crippen molar-refractivity contribution in [3.8, 4) is 0 Å². The zero-order chi connectivity index (χ0) is 22.7. The minimum atomic E-state index is -0.896. The van der Waals surface area contributed by atoms with Gasteiger partial charge in [0.2, 0.25) is 5.91 Å². The molecule has 1 aromatic heterocycles. The summed E-state index contributed by atoms with van der Waals surface area (Å²) < 4.78 is 5.56. The fourth-order valence-corrected chi connectivity index (χ4v) is 7.22. The van der Waals surface area contributed by atoms with E-state index in [4.69, 9.17) is 4.74 Å². The van der Waals surface area contributed by atoms with Gasteiger partial charge in [0.1, 0.15) is 4.88 Å². The SMILES string of the molecule is COC1CCC(N(C(=O)C2CCC(C)CC2)c2cc(C3CCCCC3)sc2C(=O)O)CC1. The van der Waals surface area contributed by atoms with Crippen LogP contribution in [0.1, 0.15) is 111 Å². The summed E-state index contributed by atoms with van der Waals surface area (Å²) in [6, 6.07) is 2.15. The number of carbonyl (C=O) groups is 2. The second kappa shape index (κ2) is 10.7. The summed E-state index contributed by atoms with van der Waals surface area (Å²) in [5, 5.41) is 10.1. The zero-order valence-corrected chi connectivity index (χ0v) is 20.5. The van der Waals surface area contributed by atoms with E-state index in [9.17, 15) is 14.7 Å². The van der Waals surface area contributed by atoms with Gasteiger partial charge in [-0.25, -0.2) is 4.79 Å². The number of nitrogens with zero attached hydrogens (tertiary/aromatic N) is 1. The van der Waals surface area contributed by atoms with Crippen LogP contribution in [-0.2, 0) is 9.53 Å². The fourth-order valence-electron chi connectivity index (χ4n) is 6.06. The molecule has 0 bridgehead atoms. The van der Waals surface area contributed by atoms with E-state index in [0.29, 0.717) is 22.4 Å². The summed E-state index contributed by atoms with van der Waals surface area (Å²) in [5.74, 6) is 0.405.